The first-order valence-corrected chi connectivity index (χ1v) is 5.91. The Balaban J connectivity index is 2.42. The lowest BCUT2D eigenvalue weighted by molar-refractivity contribution is 0.102. The number of halogens is 2. The van der Waals surface area contributed by atoms with E-state index in [2.05, 4.69) is 5.10 Å². The second-order valence-electron chi connectivity index (χ2n) is 4.21. The summed E-state index contributed by atoms with van der Waals surface area (Å²) < 4.78 is 14.9. The zero-order valence-corrected chi connectivity index (χ0v) is 10.8. The molecule has 0 bridgehead atoms. The zero-order chi connectivity index (χ0) is 13.3. The van der Waals surface area contributed by atoms with Crippen LogP contribution in [0.2, 0.25) is 5.02 Å². The standard InChI is InChI=1S/C13H12ClFN2O/c1-8(2)17-12(5-6-16-17)13(18)9-3-4-10(14)11(15)7-9/h3-8H,1-2H3. The number of rotatable bonds is 3. The van der Waals surface area contributed by atoms with Crippen molar-refractivity contribution in [3.8, 4) is 0 Å². The Morgan fingerprint density at radius 2 is 2.11 bits per heavy atom. The van der Waals surface area contributed by atoms with Gasteiger partial charge in [-0.3, -0.25) is 9.48 Å². The van der Waals surface area contributed by atoms with E-state index in [1.165, 1.54) is 12.1 Å². The molecule has 1 heterocycles. The van der Waals surface area contributed by atoms with Gasteiger partial charge in [-0.25, -0.2) is 4.39 Å². The van der Waals surface area contributed by atoms with Gasteiger partial charge in [-0.05, 0) is 38.1 Å². The average molecular weight is 267 g/mol. The van der Waals surface area contributed by atoms with Crippen molar-refractivity contribution in [3.05, 3.63) is 52.6 Å². The fourth-order valence-corrected chi connectivity index (χ4v) is 1.81. The van der Waals surface area contributed by atoms with Crippen molar-refractivity contribution in [1.29, 1.82) is 0 Å². The van der Waals surface area contributed by atoms with Crippen LogP contribution in [0, 0.1) is 5.82 Å². The minimum absolute atomic E-state index is 0.00363. The van der Waals surface area contributed by atoms with E-state index in [9.17, 15) is 9.18 Å². The maximum absolute atomic E-state index is 13.3. The maximum atomic E-state index is 13.3. The van der Waals surface area contributed by atoms with Crippen LogP contribution in [0.15, 0.2) is 30.5 Å². The second-order valence-corrected chi connectivity index (χ2v) is 4.62. The molecular weight excluding hydrogens is 255 g/mol. The Morgan fingerprint density at radius 3 is 2.72 bits per heavy atom. The molecule has 0 aliphatic heterocycles. The van der Waals surface area contributed by atoms with Crippen LogP contribution >= 0.6 is 11.6 Å². The quantitative estimate of drug-likeness (QED) is 0.797. The van der Waals surface area contributed by atoms with Crippen molar-refractivity contribution < 1.29 is 9.18 Å². The second kappa shape index (κ2) is 4.90. The molecule has 0 saturated carbocycles. The van der Waals surface area contributed by atoms with E-state index >= 15 is 0 Å². The lowest BCUT2D eigenvalue weighted by atomic mass is 10.1. The number of hydrogen-bond donors (Lipinski definition) is 0. The van der Waals surface area contributed by atoms with Crippen LogP contribution < -0.4 is 0 Å². The van der Waals surface area contributed by atoms with Gasteiger partial charge in [0.25, 0.3) is 0 Å². The molecule has 0 radical (unpaired) electrons. The van der Waals surface area contributed by atoms with E-state index in [-0.39, 0.29) is 22.4 Å². The Morgan fingerprint density at radius 1 is 1.39 bits per heavy atom. The minimum atomic E-state index is -0.599. The molecule has 2 aromatic rings. The molecule has 18 heavy (non-hydrogen) atoms. The zero-order valence-electron chi connectivity index (χ0n) is 10.0. The van der Waals surface area contributed by atoms with Crippen molar-refractivity contribution in [2.24, 2.45) is 0 Å². The molecule has 0 N–H and O–H groups in total. The van der Waals surface area contributed by atoms with Crippen LogP contribution in [-0.2, 0) is 0 Å². The van der Waals surface area contributed by atoms with Crippen molar-refractivity contribution in [2.45, 2.75) is 19.9 Å². The molecule has 1 aromatic heterocycles. The highest BCUT2D eigenvalue weighted by Gasteiger charge is 2.17. The molecule has 3 nitrogen and oxygen atoms in total. The van der Waals surface area contributed by atoms with Crippen LogP contribution in [0.4, 0.5) is 4.39 Å². The van der Waals surface area contributed by atoms with E-state index in [1.807, 2.05) is 13.8 Å². The number of aromatic nitrogens is 2. The lowest BCUT2D eigenvalue weighted by Gasteiger charge is -2.10. The summed E-state index contributed by atoms with van der Waals surface area (Å²) in [6, 6.07) is 5.71. The van der Waals surface area contributed by atoms with E-state index in [0.717, 1.165) is 6.07 Å². The van der Waals surface area contributed by atoms with Crippen LogP contribution in [-0.4, -0.2) is 15.6 Å². The number of nitrogens with zero attached hydrogens (tertiary/aromatic N) is 2. The molecule has 0 saturated heterocycles. The topological polar surface area (TPSA) is 34.9 Å². The molecule has 0 atom stereocenters. The van der Waals surface area contributed by atoms with Gasteiger partial charge in [0.05, 0.1) is 5.02 Å². The molecular formula is C13H12ClFN2O. The summed E-state index contributed by atoms with van der Waals surface area (Å²) in [5.41, 5.74) is 0.700. The van der Waals surface area contributed by atoms with E-state index in [4.69, 9.17) is 11.6 Å². The highest BCUT2D eigenvalue weighted by Crippen LogP contribution is 2.19. The molecule has 2 rings (SSSR count). The van der Waals surface area contributed by atoms with Crippen molar-refractivity contribution in [1.82, 2.24) is 9.78 Å². The summed E-state index contributed by atoms with van der Waals surface area (Å²) in [5, 5.41) is 4.08. The van der Waals surface area contributed by atoms with Crippen molar-refractivity contribution >= 4 is 17.4 Å². The number of carbonyl (C=O) groups is 1. The number of hydrogen-bond acceptors (Lipinski definition) is 2. The molecule has 1 aromatic carbocycles. The third kappa shape index (κ3) is 2.29. The van der Waals surface area contributed by atoms with Gasteiger partial charge in [-0.2, -0.15) is 5.10 Å². The SMILES string of the molecule is CC(C)n1nccc1C(=O)c1ccc(Cl)c(F)c1. The largest absolute Gasteiger partial charge is 0.287 e. The Kier molecular flexibility index (Phi) is 3.48. The normalized spacial score (nSPS) is 10.9. The fourth-order valence-electron chi connectivity index (χ4n) is 1.69. The number of ketones is 1. The predicted molar refractivity (Wildman–Crippen MR) is 67.5 cm³/mol. The first-order chi connectivity index (χ1) is 8.50. The summed E-state index contributed by atoms with van der Waals surface area (Å²) in [6.07, 6.45) is 1.56. The Hall–Kier alpha value is -1.68. The molecule has 0 amide bonds. The summed E-state index contributed by atoms with van der Waals surface area (Å²) in [5.74, 6) is -0.866. The lowest BCUT2D eigenvalue weighted by Crippen LogP contribution is -2.13. The van der Waals surface area contributed by atoms with Gasteiger partial charge in [0.1, 0.15) is 11.5 Å². The molecule has 0 spiro atoms. The molecule has 94 valence electrons. The molecule has 0 aliphatic rings. The molecule has 0 fully saturated rings. The van der Waals surface area contributed by atoms with Crippen LogP contribution in [0.3, 0.4) is 0 Å². The van der Waals surface area contributed by atoms with Gasteiger partial charge in [-0.15, -0.1) is 0 Å². The van der Waals surface area contributed by atoms with E-state index in [1.54, 1.807) is 16.9 Å². The van der Waals surface area contributed by atoms with E-state index < -0.39 is 5.82 Å². The number of carbonyl (C=O) groups excluding carboxylic acids is 1. The summed E-state index contributed by atoms with van der Waals surface area (Å²) in [6.45, 7) is 3.85. The molecule has 5 heteroatoms. The average Bonchev–Trinajstić information content (AvgIpc) is 2.81. The third-order valence-electron chi connectivity index (χ3n) is 2.57. The van der Waals surface area contributed by atoms with Gasteiger partial charge in [0.2, 0.25) is 5.78 Å². The summed E-state index contributed by atoms with van der Waals surface area (Å²) >= 11 is 5.59. The van der Waals surface area contributed by atoms with E-state index in [0.29, 0.717) is 5.69 Å². The fraction of sp³-hybridized carbons (Fsp3) is 0.231. The highest BCUT2D eigenvalue weighted by atomic mass is 35.5. The first kappa shape index (κ1) is 12.8. The predicted octanol–water partition coefficient (Wildman–Crippen LogP) is 3.49. The Labute approximate surface area is 109 Å². The summed E-state index contributed by atoms with van der Waals surface area (Å²) in [7, 11) is 0. The number of benzene rings is 1. The smallest absolute Gasteiger partial charge is 0.211 e. The van der Waals surface area contributed by atoms with Gasteiger partial charge in [0, 0.05) is 17.8 Å². The van der Waals surface area contributed by atoms with Crippen LogP contribution in [0.5, 0.6) is 0 Å². The van der Waals surface area contributed by atoms with Crippen LogP contribution in [0.1, 0.15) is 35.9 Å². The van der Waals surface area contributed by atoms with Crippen molar-refractivity contribution in [2.75, 3.05) is 0 Å². The maximum Gasteiger partial charge on any atom is 0.211 e. The Bertz CT molecular complexity index is 592. The first-order valence-electron chi connectivity index (χ1n) is 5.54. The van der Waals surface area contributed by atoms with Gasteiger partial charge >= 0.3 is 0 Å². The monoisotopic (exact) mass is 266 g/mol. The minimum Gasteiger partial charge on any atom is -0.287 e. The summed E-state index contributed by atoms with van der Waals surface area (Å²) in [4.78, 5) is 12.2. The van der Waals surface area contributed by atoms with Gasteiger partial charge in [-0.1, -0.05) is 11.6 Å². The van der Waals surface area contributed by atoms with Crippen molar-refractivity contribution in [3.63, 3.8) is 0 Å². The molecule has 0 unspecified atom stereocenters. The third-order valence-corrected chi connectivity index (χ3v) is 2.88. The van der Waals surface area contributed by atoms with Gasteiger partial charge in [0.15, 0.2) is 0 Å². The van der Waals surface area contributed by atoms with Gasteiger partial charge < -0.3 is 0 Å². The highest BCUT2D eigenvalue weighted by molar-refractivity contribution is 6.30. The van der Waals surface area contributed by atoms with Crippen LogP contribution in [0.25, 0.3) is 0 Å². The molecule has 0 aliphatic carbocycles.